The first-order valence-corrected chi connectivity index (χ1v) is 8.27. The van der Waals surface area contributed by atoms with Crippen LogP contribution in [0.3, 0.4) is 0 Å². The fourth-order valence-corrected chi connectivity index (χ4v) is 2.43. The molecule has 0 bridgehead atoms. The van der Waals surface area contributed by atoms with E-state index in [0.29, 0.717) is 30.5 Å². The first-order valence-electron chi connectivity index (χ1n) is 7.20. The minimum Gasteiger partial charge on any atom is -0.464 e. The number of benzene rings is 1. The summed E-state index contributed by atoms with van der Waals surface area (Å²) < 4.78 is 4.64. The summed E-state index contributed by atoms with van der Waals surface area (Å²) in [7, 11) is 1.29. The molecule has 24 heavy (non-hydrogen) atoms. The third kappa shape index (κ3) is 4.69. The van der Waals surface area contributed by atoms with Crippen LogP contribution < -0.4 is 4.90 Å². The summed E-state index contributed by atoms with van der Waals surface area (Å²) in [4.78, 5) is 20.2. The average Bonchev–Trinajstić information content (AvgIpc) is 3.08. The minimum atomic E-state index is -0.547. The number of ether oxygens (including phenoxy) is 1. The van der Waals surface area contributed by atoms with E-state index in [0.717, 1.165) is 5.69 Å². The summed E-state index contributed by atoms with van der Waals surface area (Å²) in [6.45, 7) is 1.43. The van der Waals surface area contributed by atoms with E-state index in [2.05, 4.69) is 29.8 Å². The van der Waals surface area contributed by atoms with Crippen LogP contribution in [-0.4, -0.2) is 47.9 Å². The Morgan fingerprint density at radius 1 is 1.21 bits per heavy atom. The highest BCUT2D eigenvalue weighted by Crippen LogP contribution is 2.23. The van der Waals surface area contributed by atoms with Gasteiger partial charge in [-0.05, 0) is 24.3 Å². The van der Waals surface area contributed by atoms with Crippen LogP contribution in [0.1, 0.15) is 10.5 Å². The molecule has 0 aliphatic carbocycles. The summed E-state index contributed by atoms with van der Waals surface area (Å²) >= 11 is 11.6. The molecule has 0 amide bonds. The van der Waals surface area contributed by atoms with Crippen LogP contribution in [0, 0.1) is 0 Å². The number of aromatic nitrogens is 2. The number of anilines is 1. The van der Waals surface area contributed by atoms with Gasteiger partial charge in [-0.25, -0.2) is 9.78 Å². The number of rotatable bonds is 8. The van der Waals surface area contributed by atoms with Crippen molar-refractivity contribution in [2.45, 2.75) is 0 Å². The number of carbonyl (C=O) groups is 1. The normalized spacial score (nSPS) is 11.0. The number of azo groups is 1. The van der Waals surface area contributed by atoms with Crippen LogP contribution in [0.4, 0.5) is 17.2 Å². The van der Waals surface area contributed by atoms with E-state index < -0.39 is 5.97 Å². The summed E-state index contributed by atoms with van der Waals surface area (Å²) in [6.07, 6.45) is 1.36. The molecule has 0 atom stereocenters. The number of H-pyrrole nitrogens is 1. The number of nitrogens with zero attached hydrogens (tertiary/aromatic N) is 4. The molecule has 0 saturated heterocycles. The summed E-state index contributed by atoms with van der Waals surface area (Å²) in [5.41, 5.74) is 1.80. The van der Waals surface area contributed by atoms with Crippen molar-refractivity contribution in [2.24, 2.45) is 10.2 Å². The fraction of sp³-hybridized carbons (Fsp3) is 0.333. The Kier molecular flexibility index (Phi) is 7.02. The van der Waals surface area contributed by atoms with Gasteiger partial charge < -0.3 is 14.6 Å². The Morgan fingerprint density at radius 3 is 2.46 bits per heavy atom. The monoisotopic (exact) mass is 369 g/mol. The molecule has 1 N–H and O–H groups in total. The summed E-state index contributed by atoms with van der Waals surface area (Å²) in [6, 6.07) is 7.47. The molecule has 9 heteroatoms. The molecule has 128 valence electrons. The lowest BCUT2D eigenvalue weighted by Crippen LogP contribution is -2.27. The van der Waals surface area contributed by atoms with Crippen LogP contribution in [0.5, 0.6) is 0 Å². The fourth-order valence-electron chi connectivity index (χ4n) is 2.02. The molecule has 0 fully saturated rings. The Labute approximate surface area is 149 Å². The molecule has 1 aromatic carbocycles. The van der Waals surface area contributed by atoms with Gasteiger partial charge in [-0.3, -0.25) is 0 Å². The van der Waals surface area contributed by atoms with Crippen molar-refractivity contribution >= 4 is 46.4 Å². The number of esters is 1. The topological polar surface area (TPSA) is 82.9 Å². The van der Waals surface area contributed by atoms with Crippen molar-refractivity contribution < 1.29 is 9.53 Å². The van der Waals surface area contributed by atoms with Crippen LogP contribution in [-0.2, 0) is 4.74 Å². The van der Waals surface area contributed by atoms with Crippen molar-refractivity contribution in [3.63, 3.8) is 0 Å². The number of imidazole rings is 1. The highest BCUT2D eigenvalue weighted by Gasteiger charge is 2.14. The maximum atomic E-state index is 11.5. The SMILES string of the molecule is COC(=O)c1[nH]cnc1N=Nc1ccc(N(CCCl)CCCl)cc1. The number of halogens is 2. The van der Waals surface area contributed by atoms with E-state index >= 15 is 0 Å². The van der Waals surface area contributed by atoms with Gasteiger partial charge in [0, 0.05) is 30.5 Å². The maximum absolute atomic E-state index is 11.5. The number of nitrogens with one attached hydrogen (secondary N) is 1. The predicted molar refractivity (Wildman–Crippen MR) is 94.2 cm³/mol. The third-order valence-electron chi connectivity index (χ3n) is 3.19. The number of alkyl halides is 2. The Balaban J connectivity index is 2.11. The van der Waals surface area contributed by atoms with Gasteiger partial charge in [0.1, 0.15) is 0 Å². The number of aromatic amines is 1. The minimum absolute atomic E-state index is 0.160. The lowest BCUT2D eigenvalue weighted by atomic mass is 10.2. The van der Waals surface area contributed by atoms with Crippen molar-refractivity contribution in [2.75, 3.05) is 36.9 Å². The second-order valence-corrected chi connectivity index (χ2v) is 5.43. The van der Waals surface area contributed by atoms with Crippen LogP contribution in [0.25, 0.3) is 0 Å². The van der Waals surface area contributed by atoms with E-state index in [-0.39, 0.29) is 11.5 Å². The van der Waals surface area contributed by atoms with E-state index in [1.165, 1.54) is 13.4 Å². The second-order valence-electron chi connectivity index (χ2n) is 4.67. The molecule has 0 spiro atoms. The standard InChI is InChI=1S/C15H17Cl2N5O2/c1-24-15(23)13-14(19-10-18-13)21-20-11-2-4-12(5-3-11)22(8-6-16)9-7-17/h2-5,10H,6-9H2,1H3,(H,18,19). The molecule has 2 aromatic rings. The van der Waals surface area contributed by atoms with Crippen molar-refractivity contribution in [1.29, 1.82) is 0 Å². The number of carbonyl (C=O) groups excluding carboxylic acids is 1. The zero-order valence-corrected chi connectivity index (χ0v) is 14.6. The third-order valence-corrected chi connectivity index (χ3v) is 3.53. The quantitative estimate of drug-likeness (QED) is 0.434. The largest absolute Gasteiger partial charge is 0.464 e. The van der Waals surface area contributed by atoms with Crippen molar-refractivity contribution in [3.05, 3.63) is 36.3 Å². The zero-order valence-electron chi connectivity index (χ0n) is 13.1. The number of hydrogen-bond acceptors (Lipinski definition) is 6. The molecule has 0 aliphatic rings. The summed E-state index contributed by atoms with van der Waals surface area (Å²) in [5, 5.41) is 8.06. The van der Waals surface area contributed by atoms with Gasteiger partial charge in [0.05, 0.1) is 19.1 Å². The van der Waals surface area contributed by atoms with Crippen molar-refractivity contribution in [3.8, 4) is 0 Å². The van der Waals surface area contributed by atoms with Gasteiger partial charge in [0.2, 0.25) is 5.82 Å². The lowest BCUT2D eigenvalue weighted by molar-refractivity contribution is 0.0595. The van der Waals surface area contributed by atoms with Gasteiger partial charge in [-0.2, -0.15) is 0 Å². The number of hydrogen-bond donors (Lipinski definition) is 1. The van der Waals surface area contributed by atoms with Gasteiger partial charge in [-0.1, -0.05) is 0 Å². The molecule has 0 aliphatic heterocycles. The number of methoxy groups -OCH3 is 1. The summed E-state index contributed by atoms with van der Waals surface area (Å²) in [5.74, 6) is 0.674. The molecule has 0 saturated carbocycles. The van der Waals surface area contributed by atoms with Gasteiger partial charge in [0.25, 0.3) is 0 Å². The van der Waals surface area contributed by atoms with Crippen LogP contribution in [0.15, 0.2) is 40.8 Å². The van der Waals surface area contributed by atoms with E-state index in [9.17, 15) is 4.79 Å². The Morgan fingerprint density at radius 2 is 1.88 bits per heavy atom. The highest BCUT2D eigenvalue weighted by atomic mass is 35.5. The highest BCUT2D eigenvalue weighted by molar-refractivity contribution is 6.18. The molecule has 2 rings (SSSR count). The molecular formula is C15H17Cl2N5O2. The van der Waals surface area contributed by atoms with Gasteiger partial charge in [0.15, 0.2) is 5.69 Å². The van der Waals surface area contributed by atoms with E-state index in [1.807, 2.05) is 24.3 Å². The zero-order chi connectivity index (χ0) is 17.4. The molecule has 0 unspecified atom stereocenters. The molecule has 1 heterocycles. The Bertz CT molecular complexity index is 681. The first-order chi connectivity index (χ1) is 11.7. The second kappa shape index (κ2) is 9.24. The maximum Gasteiger partial charge on any atom is 0.358 e. The molecule has 7 nitrogen and oxygen atoms in total. The molecule has 0 radical (unpaired) electrons. The lowest BCUT2D eigenvalue weighted by Gasteiger charge is -2.22. The Hall–Kier alpha value is -2.12. The smallest absolute Gasteiger partial charge is 0.358 e. The average molecular weight is 370 g/mol. The van der Waals surface area contributed by atoms with Gasteiger partial charge >= 0.3 is 5.97 Å². The first kappa shape index (κ1) is 18.2. The van der Waals surface area contributed by atoms with Gasteiger partial charge in [-0.15, -0.1) is 33.4 Å². The van der Waals surface area contributed by atoms with E-state index in [1.54, 1.807) is 0 Å². The predicted octanol–water partition coefficient (Wildman–Crippen LogP) is 3.90. The molecule has 1 aromatic heterocycles. The van der Waals surface area contributed by atoms with E-state index in [4.69, 9.17) is 23.2 Å². The van der Waals surface area contributed by atoms with Crippen LogP contribution in [0.2, 0.25) is 0 Å². The molecular weight excluding hydrogens is 353 g/mol. The van der Waals surface area contributed by atoms with Crippen LogP contribution >= 0.6 is 23.2 Å². The van der Waals surface area contributed by atoms with Crippen molar-refractivity contribution in [1.82, 2.24) is 9.97 Å².